The van der Waals surface area contributed by atoms with E-state index >= 15 is 0 Å². The maximum absolute atomic E-state index is 12.5. The van der Waals surface area contributed by atoms with Crippen LogP contribution in [0.15, 0.2) is 60.7 Å². The fourth-order valence-corrected chi connectivity index (χ4v) is 3.29. The van der Waals surface area contributed by atoms with E-state index < -0.39 is 0 Å². The van der Waals surface area contributed by atoms with Crippen molar-refractivity contribution in [3.8, 4) is 0 Å². The molecule has 1 heterocycles. The second-order valence-corrected chi connectivity index (χ2v) is 6.42. The summed E-state index contributed by atoms with van der Waals surface area (Å²) in [7, 11) is 0. The van der Waals surface area contributed by atoms with E-state index in [4.69, 9.17) is 4.74 Å². The molecule has 1 amide bonds. The molecule has 3 nitrogen and oxygen atoms in total. The Morgan fingerprint density at radius 2 is 1.71 bits per heavy atom. The van der Waals surface area contributed by atoms with Crippen molar-refractivity contribution in [1.82, 2.24) is 4.90 Å². The lowest BCUT2D eigenvalue weighted by Gasteiger charge is -2.25. The molecule has 0 N–H and O–H groups in total. The normalized spacial score (nSPS) is 18.2. The summed E-state index contributed by atoms with van der Waals surface area (Å²) >= 11 is 0. The Morgan fingerprint density at radius 3 is 2.46 bits per heavy atom. The van der Waals surface area contributed by atoms with Gasteiger partial charge >= 0.3 is 0 Å². The van der Waals surface area contributed by atoms with Gasteiger partial charge in [0.2, 0.25) is 5.91 Å². The van der Waals surface area contributed by atoms with Gasteiger partial charge in [-0.2, -0.15) is 0 Å². The standard InChI is InChI=1S/C21H25NO2/c23-21(17-24-16-18-9-3-1-4-10-18)22-14-8-7-13-20(15-22)19-11-5-2-6-12-19/h1-6,9-12,20H,7-8,13-17H2. The smallest absolute Gasteiger partial charge is 0.248 e. The number of amides is 1. The van der Waals surface area contributed by atoms with Crippen LogP contribution < -0.4 is 0 Å². The van der Waals surface area contributed by atoms with Crippen LogP contribution in [0.4, 0.5) is 0 Å². The summed E-state index contributed by atoms with van der Waals surface area (Å²) in [4.78, 5) is 14.5. The fraction of sp³-hybridized carbons (Fsp3) is 0.381. The van der Waals surface area contributed by atoms with Crippen LogP contribution in [0.3, 0.4) is 0 Å². The number of benzene rings is 2. The Balaban J connectivity index is 1.53. The third kappa shape index (κ3) is 4.68. The van der Waals surface area contributed by atoms with E-state index in [0.717, 1.165) is 31.5 Å². The molecule has 0 saturated carbocycles. The van der Waals surface area contributed by atoms with Crippen molar-refractivity contribution in [3.05, 3.63) is 71.8 Å². The highest BCUT2D eigenvalue weighted by Crippen LogP contribution is 2.26. The van der Waals surface area contributed by atoms with Gasteiger partial charge in [-0.1, -0.05) is 67.1 Å². The second-order valence-electron chi connectivity index (χ2n) is 6.42. The molecular weight excluding hydrogens is 298 g/mol. The van der Waals surface area contributed by atoms with Crippen LogP contribution in [-0.4, -0.2) is 30.5 Å². The van der Waals surface area contributed by atoms with Crippen molar-refractivity contribution >= 4 is 5.91 Å². The molecule has 0 aliphatic carbocycles. The number of carbonyl (C=O) groups excluding carboxylic acids is 1. The highest BCUT2D eigenvalue weighted by molar-refractivity contribution is 5.77. The van der Waals surface area contributed by atoms with Crippen LogP contribution in [0.5, 0.6) is 0 Å². The zero-order valence-corrected chi connectivity index (χ0v) is 14.1. The van der Waals surface area contributed by atoms with Crippen molar-refractivity contribution in [3.63, 3.8) is 0 Å². The molecule has 1 atom stereocenters. The van der Waals surface area contributed by atoms with Gasteiger partial charge < -0.3 is 9.64 Å². The van der Waals surface area contributed by atoms with Gasteiger partial charge in [-0.15, -0.1) is 0 Å². The van der Waals surface area contributed by atoms with Gasteiger partial charge in [-0.25, -0.2) is 0 Å². The first-order chi connectivity index (χ1) is 11.8. The summed E-state index contributed by atoms with van der Waals surface area (Å²) in [6, 6.07) is 20.5. The zero-order chi connectivity index (χ0) is 16.6. The van der Waals surface area contributed by atoms with E-state index in [9.17, 15) is 4.79 Å². The monoisotopic (exact) mass is 323 g/mol. The minimum Gasteiger partial charge on any atom is -0.367 e. The van der Waals surface area contributed by atoms with E-state index in [1.807, 2.05) is 41.3 Å². The largest absolute Gasteiger partial charge is 0.367 e. The number of rotatable bonds is 5. The summed E-state index contributed by atoms with van der Waals surface area (Å²) in [5, 5.41) is 0. The molecule has 0 bridgehead atoms. The first-order valence-corrected chi connectivity index (χ1v) is 8.77. The Morgan fingerprint density at radius 1 is 1.00 bits per heavy atom. The minimum absolute atomic E-state index is 0.105. The molecule has 24 heavy (non-hydrogen) atoms. The van der Waals surface area contributed by atoms with Gasteiger partial charge in [0, 0.05) is 19.0 Å². The number of nitrogens with zero attached hydrogens (tertiary/aromatic N) is 1. The van der Waals surface area contributed by atoms with Crippen LogP contribution in [0.1, 0.15) is 36.3 Å². The lowest BCUT2D eigenvalue weighted by molar-refractivity contribution is -0.136. The Bertz CT molecular complexity index is 627. The SMILES string of the molecule is O=C(COCc1ccccc1)N1CCCCC(c2ccccc2)C1. The van der Waals surface area contributed by atoms with Gasteiger partial charge in [0.25, 0.3) is 0 Å². The fourth-order valence-electron chi connectivity index (χ4n) is 3.29. The summed E-state index contributed by atoms with van der Waals surface area (Å²) < 4.78 is 5.63. The van der Waals surface area contributed by atoms with Crippen LogP contribution in [0, 0.1) is 0 Å². The lowest BCUT2D eigenvalue weighted by Crippen LogP contribution is -2.36. The number of likely N-dealkylation sites (tertiary alicyclic amines) is 1. The molecule has 0 spiro atoms. The molecular formula is C21H25NO2. The topological polar surface area (TPSA) is 29.5 Å². The third-order valence-corrected chi connectivity index (χ3v) is 4.63. The second kappa shape index (κ2) is 8.65. The van der Waals surface area contributed by atoms with Gasteiger partial charge in [0.05, 0.1) is 6.61 Å². The van der Waals surface area contributed by atoms with Crippen LogP contribution in [0.2, 0.25) is 0 Å². The van der Waals surface area contributed by atoms with Crippen LogP contribution >= 0.6 is 0 Å². The molecule has 1 aliphatic rings. The Kier molecular flexibility index (Phi) is 6.02. The maximum Gasteiger partial charge on any atom is 0.248 e. The number of hydrogen-bond donors (Lipinski definition) is 0. The van der Waals surface area contributed by atoms with Gasteiger partial charge in [0.1, 0.15) is 6.61 Å². The third-order valence-electron chi connectivity index (χ3n) is 4.63. The van der Waals surface area contributed by atoms with E-state index in [-0.39, 0.29) is 12.5 Å². The maximum atomic E-state index is 12.5. The molecule has 1 aliphatic heterocycles. The molecule has 1 unspecified atom stereocenters. The zero-order valence-electron chi connectivity index (χ0n) is 14.1. The van der Waals surface area contributed by atoms with Crippen molar-refractivity contribution in [1.29, 1.82) is 0 Å². The first-order valence-electron chi connectivity index (χ1n) is 8.77. The summed E-state index contributed by atoms with van der Waals surface area (Å²) in [5.74, 6) is 0.542. The molecule has 1 fully saturated rings. The molecule has 3 rings (SSSR count). The summed E-state index contributed by atoms with van der Waals surface area (Å²) in [6.07, 6.45) is 3.40. The molecule has 0 radical (unpaired) electrons. The molecule has 126 valence electrons. The van der Waals surface area contributed by atoms with E-state index in [1.165, 1.54) is 12.0 Å². The van der Waals surface area contributed by atoms with Gasteiger partial charge in [0.15, 0.2) is 0 Å². The lowest BCUT2D eigenvalue weighted by atomic mass is 9.94. The predicted molar refractivity (Wildman–Crippen MR) is 95.7 cm³/mol. The predicted octanol–water partition coefficient (Wildman–Crippen LogP) is 4.00. The van der Waals surface area contributed by atoms with Crippen LogP contribution in [-0.2, 0) is 16.1 Å². The molecule has 3 heteroatoms. The van der Waals surface area contributed by atoms with Gasteiger partial charge in [-0.3, -0.25) is 4.79 Å². The summed E-state index contributed by atoms with van der Waals surface area (Å²) in [6.45, 7) is 2.30. The number of hydrogen-bond acceptors (Lipinski definition) is 2. The Hall–Kier alpha value is -2.13. The number of ether oxygens (including phenoxy) is 1. The highest BCUT2D eigenvalue weighted by atomic mass is 16.5. The van der Waals surface area contributed by atoms with E-state index in [2.05, 4.69) is 24.3 Å². The van der Waals surface area contributed by atoms with Crippen molar-refractivity contribution in [2.45, 2.75) is 31.8 Å². The molecule has 0 aromatic heterocycles. The average molecular weight is 323 g/mol. The first kappa shape index (κ1) is 16.7. The molecule has 2 aromatic carbocycles. The minimum atomic E-state index is 0.105. The van der Waals surface area contributed by atoms with Gasteiger partial charge in [-0.05, 0) is 24.0 Å². The summed E-state index contributed by atoms with van der Waals surface area (Å²) in [5.41, 5.74) is 2.44. The number of carbonyl (C=O) groups is 1. The van der Waals surface area contributed by atoms with Crippen molar-refractivity contribution in [2.75, 3.05) is 19.7 Å². The highest BCUT2D eigenvalue weighted by Gasteiger charge is 2.23. The average Bonchev–Trinajstić information content (AvgIpc) is 2.90. The molecule has 1 saturated heterocycles. The van der Waals surface area contributed by atoms with E-state index in [1.54, 1.807) is 0 Å². The van der Waals surface area contributed by atoms with Crippen molar-refractivity contribution in [2.24, 2.45) is 0 Å². The van der Waals surface area contributed by atoms with E-state index in [0.29, 0.717) is 12.5 Å². The Labute approximate surface area is 144 Å². The quantitative estimate of drug-likeness (QED) is 0.832. The van der Waals surface area contributed by atoms with Crippen molar-refractivity contribution < 1.29 is 9.53 Å². The van der Waals surface area contributed by atoms with Crippen LogP contribution in [0.25, 0.3) is 0 Å². The molecule has 2 aromatic rings.